The summed E-state index contributed by atoms with van der Waals surface area (Å²) in [5.41, 5.74) is 1.85. The Morgan fingerprint density at radius 1 is 1.12 bits per heavy atom. The zero-order valence-corrected chi connectivity index (χ0v) is 15.4. The summed E-state index contributed by atoms with van der Waals surface area (Å²) in [6.07, 6.45) is 4.34. The van der Waals surface area contributed by atoms with Gasteiger partial charge in [0.15, 0.2) is 0 Å². The van der Waals surface area contributed by atoms with Gasteiger partial charge in [-0.15, -0.1) is 0 Å². The maximum absolute atomic E-state index is 12.5. The van der Waals surface area contributed by atoms with Crippen molar-refractivity contribution in [2.45, 2.75) is 25.8 Å². The van der Waals surface area contributed by atoms with E-state index in [1.54, 1.807) is 6.20 Å². The standard InChI is InChI=1S/C21H28N4O/c1-17(16-25-13-7-8-14-25)15-23-21(26)24-20(18-9-3-2-4-10-18)19-11-5-6-12-22-19/h2-6,9-12,17,20H,7-8,13-16H2,1H3,(H2,23,24,26). The average molecular weight is 352 g/mol. The molecule has 1 aliphatic heterocycles. The lowest BCUT2D eigenvalue weighted by Gasteiger charge is -2.22. The van der Waals surface area contributed by atoms with E-state index in [4.69, 9.17) is 0 Å². The molecule has 2 N–H and O–H groups in total. The van der Waals surface area contributed by atoms with Gasteiger partial charge >= 0.3 is 6.03 Å². The van der Waals surface area contributed by atoms with Crippen molar-refractivity contribution in [1.29, 1.82) is 0 Å². The summed E-state index contributed by atoms with van der Waals surface area (Å²) in [5, 5.41) is 6.09. The van der Waals surface area contributed by atoms with E-state index in [9.17, 15) is 4.79 Å². The van der Waals surface area contributed by atoms with Crippen molar-refractivity contribution in [3.05, 3.63) is 66.0 Å². The summed E-state index contributed by atoms with van der Waals surface area (Å²) in [6.45, 7) is 6.28. The van der Waals surface area contributed by atoms with Crippen LogP contribution < -0.4 is 10.6 Å². The number of carbonyl (C=O) groups excluding carboxylic acids is 1. The second kappa shape index (κ2) is 9.34. The van der Waals surface area contributed by atoms with Gasteiger partial charge in [0.1, 0.15) is 0 Å². The molecule has 0 spiro atoms. The van der Waals surface area contributed by atoms with Crippen LogP contribution in [0, 0.1) is 5.92 Å². The minimum absolute atomic E-state index is 0.155. The van der Waals surface area contributed by atoms with Gasteiger partial charge in [-0.2, -0.15) is 0 Å². The van der Waals surface area contributed by atoms with Gasteiger partial charge in [0, 0.05) is 19.3 Å². The third-order valence-electron chi connectivity index (χ3n) is 4.77. The molecule has 2 amide bonds. The van der Waals surface area contributed by atoms with Crippen LogP contribution in [-0.2, 0) is 0 Å². The van der Waals surface area contributed by atoms with Crippen molar-refractivity contribution in [3.8, 4) is 0 Å². The van der Waals surface area contributed by atoms with Crippen LogP contribution in [-0.4, -0.2) is 42.1 Å². The molecule has 1 aliphatic rings. The summed E-state index contributed by atoms with van der Waals surface area (Å²) >= 11 is 0. The van der Waals surface area contributed by atoms with Gasteiger partial charge in [0.05, 0.1) is 11.7 Å². The smallest absolute Gasteiger partial charge is 0.315 e. The molecule has 1 aromatic heterocycles. The lowest BCUT2D eigenvalue weighted by molar-refractivity contribution is 0.232. The van der Waals surface area contributed by atoms with E-state index in [1.165, 1.54) is 25.9 Å². The van der Waals surface area contributed by atoms with E-state index in [1.807, 2.05) is 48.5 Å². The first-order valence-corrected chi connectivity index (χ1v) is 9.45. The fraction of sp³-hybridized carbons (Fsp3) is 0.429. The van der Waals surface area contributed by atoms with Crippen molar-refractivity contribution in [1.82, 2.24) is 20.5 Å². The molecular weight excluding hydrogens is 324 g/mol. The van der Waals surface area contributed by atoms with Gasteiger partial charge in [-0.1, -0.05) is 43.3 Å². The van der Waals surface area contributed by atoms with Crippen LogP contribution >= 0.6 is 0 Å². The number of aromatic nitrogens is 1. The van der Waals surface area contributed by atoms with Gasteiger partial charge in [-0.05, 0) is 49.5 Å². The van der Waals surface area contributed by atoms with Crippen LogP contribution in [0.5, 0.6) is 0 Å². The molecule has 5 heteroatoms. The van der Waals surface area contributed by atoms with Crippen molar-refractivity contribution in [3.63, 3.8) is 0 Å². The summed E-state index contributed by atoms with van der Waals surface area (Å²) in [5.74, 6) is 0.434. The van der Waals surface area contributed by atoms with Gasteiger partial charge in [-0.3, -0.25) is 4.98 Å². The molecule has 0 aliphatic carbocycles. The van der Waals surface area contributed by atoms with E-state index < -0.39 is 0 Å². The molecule has 2 aromatic rings. The lowest BCUT2D eigenvalue weighted by atomic mass is 10.0. The Labute approximate surface area is 155 Å². The van der Waals surface area contributed by atoms with Crippen LogP contribution in [0.4, 0.5) is 4.79 Å². The molecule has 0 radical (unpaired) electrons. The SMILES string of the molecule is CC(CNC(=O)NC(c1ccccc1)c1ccccn1)CN1CCCC1. The monoisotopic (exact) mass is 352 g/mol. The molecule has 5 nitrogen and oxygen atoms in total. The number of benzene rings is 1. The molecule has 3 rings (SSSR count). The topological polar surface area (TPSA) is 57.3 Å². The molecule has 1 saturated heterocycles. The zero-order chi connectivity index (χ0) is 18.2. The van der Waals surface area contributed by atoms with E-state index in [0.29, 0.717) is 12.5 Å². The Balaban J connectivity index is 1.57. The fourth-order valence-electron chi connectivity index (χ4n) is 3.44. The predicted molar refractivity (Wildman–Crippen MR) is 104 cm³/mol. The first-order valence-electron chi connectivity index (χ1n) is 9.45. The second-order valence-corrected chi connectivity index (χ2v) is 7.07. The van der Waals surface area contributed by atoms with Gasteiger partial charge in [0.2, 0.25) is 0 Å². The second-order valence-electron chi connectivity index (χ2n) is 7.07. The fourth-order valence-corrected chi connectivity index (χ4v) is 3.44. The van der Waals surface area contributed by atoms with E-state index in [0.717, 1.165) is 17.8 Å². The molecule has 0 bridgehead atoms. The van der Waals surface area contributed by atoms with Crippen molar-refractivity contribution in [2.24, 2.45) is 5.92 Å². The molecule has 1 fully saturated rings. The number of nitrogens with one attached hydrogen (secondary N) is 2. The molecule has 2 heterocycles. The van der Waals surface area contributed by atoms with Crippen molar-refractivity contribution in [2.75, 3.05) is 26.2 Å². The van der Waals surface area contributed by atoms with Crippen LogP contribution in [0.3, 0.4) is 0 Å². The highest BCUT2D eigenvalue weighted by molar-refractivity contribution is 5.74. The van der Waals surface area contributed by atoms with Crippen molar-refractivity contribution < 1.29 is 4.79 Å². The first kappa shape index (κ1) is 18.4. The Bertz CT molecular complexity index is 631. The van der Waals surface area contributed by atoms with Crippen LogP contribution in [0.2, 0.25) is 0 Å². The van der Waals surface area contributed by atoms with E-state index >= 15 is 0 Å². The van der Waals surface area contributed by atoms with Crippen LogP contribution in [0.15, 0.2) is 54.7 Å². The van der Waals surface area contributed by atoms with Gasteiger partial charge in [-0.25, -0.2) is 4.79 Å². The summed E-state index contributed by atoms with van der Waals surface area (Å²) in [4.78, 5) is 19.4. The number of carbonyl (C=O) groups is 1. The van der Waals surface area contributed by atoms with E-state index in [2.05, 4.69) is 27.4 Å². The zero-order valence-electron chi connectivity index (χ0n) is 15.4. The Hall–Kier alpha value is -2.40. The minimum Gasteiger partial charge on any atom is -0.338 e. The number of nitrogens with zero attached hydrogens (tertiary/aromatic N) is 2. The number of urea groups is 1. The highest BCUT2D eigenvalue weighted by atomic mass is 16.2. The number of amides is 2. The molecule has 2 unspecified atom stereocenters. The number of hydrogen-bond acceptors (Lipinski definition) is 3. The summed E-state index contributed by atoms with van der Waals surface area (Å²) in [6, 6.07) is 15.3. The van der Waals surface area contributed by atoms with Crippen LogP contribution in [0.1, 0.15) is 37.1 Å². The number of pyridine rings is 1. The Kier molecular flexibility index (Phi) is 6.61. The third kappa shape index (κ3) is 5.30. The third-order valence-corrected chi connectivity index (χ3v) is 4.77. The number of likely N-dealkylation sites (tertiary alicyclic amines) is 1. The number of hydrogen-bond donors (Lipinski definition) is 2. The predicted octanol–water partition coefficient (Wildman–Crippen LogP) is 3.20. The maximum atomic E-state index is 12.5. The summed E-state index contributed by atoms with van der Waals surface area (Å²) in [7, 11) is 0. The largest absolute Gasteiger partial charge is 0.338 e. The highest BCUT2D eigenvalue weighted by Gasteiger charge is 2.19. The molecule has 1 aromatic carbocycles. The van der Waals surface area contributed by atoms with E-state index in [-0.39, 0.29) is 12.1 Å². The van der Waals surface area contributed by atoms with Gasteiger partial charge < -0.3 is 15.5 Å². The van der Waals surface area contributed by atoms with Crippen LogP contribution in [0.25, 0.3) is 0 Å². The number of rotatable bonds is 7. The molecule has 138 valence electrons. The quantitative estimate of drug-likeness (QED) is 0.804. The minimum atomic E-state index is -0.258. The maximum Gasteiger partial charge on any atom is 0.315 e. The molecule has 2 atom stereocenters. The lowest BCUT2D eigenvalue weighted by Crippen LogP contribution is -2.42. The highest BCUT2D eigenvalue weighted by Crippen LogP contribution is 2.19. The first-order chi connectivity index (χ1) is 12.7. The average Bonchev–Trinajstić information content (AvgIpc) is 3.19. The Morgan fingerprint density at radius 2 is 1.85 bits per heavy atom. The summed E-state index contributed by atoms with van der Waals surface area (Å²) < 4.78 is 0. The van der Waals surface area contributed by atoms with Gasteiger partial charge in [0.25, 0.3) is 0 Å². The normalized spacial score (nSPS) is 16.8. The molecule has 0 saturated carbocycles. The molecular formula is C21H28N4O. The van der Waals surface area contributed by atoms with Crippen molar-refractivity contribution >= 4 is 6.03 Å². The Morgan fingerprint density at radius 3 is 2.54 bits per heavy atom. The molecule has 26 heavy (non-hydrogen) atoms.